The van der Waals surface area contributed by atoms with Gasteiger partial charge in [0.1, 0.15) is 18.2 Å². The number of nitrogens with zero attached hydrogens (tertiary/aromatic N) is 1. The highest BCUT2D eigenvalue weighted by molar-refractivity contribution is 6.03. The minimum absolute atomic E-state index is 0.139. The Morgan fingerprint density at radius 3 is 2.70 bits per heavy atom. The van der Waals surface area contributed by atoms with Crippen molar-refractivity contribution >= 4 is 22.9 Å². The summed E-state index contributed by atoms with van der Waals surface area (Å²) in [4.78, 5) is 12.5. The van der Waals surface area contributed by atoms with Crippen molar-refractivity contribution in [3.63, 3.8) is 0 Å². The highest BCUT2D eigenvalue weighted by atomic mass is 19.1. The molecule has 0 aliphatic carbocycles. The van der Waals surface area contributed by atoms with E-state index in [9.17, 15) is 9.18 Å². The Kier molecular flexibility index (Phi) is 5.59. The standard InChI is InChI=1S/C26H19FN2O4/c27-20-9-5-17(6-10-20)15-31-23-11-7-18-3-1-2-4-21(18)22(23)14-28-29-26(30)19-8-12-24-25(13-19)33-16-32-24/h1-14H,15-16H2,(H,29,30). The molecule has 33 heavy (non-hydrogen) atoms. The molecular formula is C26H19FN2O4. The van der Waals surface area contributed by atoms with Crippen molar-refractivity contribution in [2.24, 2.45) is 5.10 Å². The van der Waals surface area contributed by atoms with Crippen LogP contribution in [0.1, 0.15) is 21.5 Å². The summed E-state index contributed by atoms with van der Waals surface area (Å²) in [6, 6.07) is 22.7. The Morgan fingerprint density at radius 2 is 1.82 bits per heavy atom. The maximum absolute atomic E-state index is 13.2. The zero-order chi connectivity index (χ0) is 22.6. The Morgan fingerprint density at radius 1 is 1.00 bits per heavy atom. The molecule has 0 unspecified atom stereocenters. The number of carbonyl (C=O) groups excluding carboxylic acids is 1. The van der Waals surface area contributed by atoms with Gasteiger partial charge in [0.2, 0.25) is 6.79 Å². The smallest absolute Gasteiger partial charge is 0.271 e. The average molecular weight is 442 g/mol. The molecule has 0 atom stereocenters. The maximum atomic E-state index is 13.2. The number of ether oxygens (including phenoxy) is 3. The molecule has 1 aliphatic rings. The van der Waals surface area contributed by atoms with E-state index in [-0.39, 0.29) is 25.1 Å². The Bertz CT molecular complexity index is 1350. The van der Waals surface area contributed by atoms with Gasteiger partial charge in [-0.15, -0.1) is 0 Å². The molecule has 1 aliphatic heterocycles. The van der Waals surface area contributed by atoms with E-state index in [1.54, 1.807) is 36.5 Å². The number of hydrazone groups is 1. The highest BCUT2D eigenvalue weighted by Crippen LogP contribution is 2.32. The second-order valence-corrected chi connectivity index (χ2v) is 7.38. The van der Waals surface area contributed by atoms with Crippen LogP contribution >= 0.6 is 0 Å². The van der Waals surface area contributed by atoms with Crippen molar-refractivity contribution < 1.29 is 23.4 Å². The van der Waals surface area contributed by atoms with E-state index in [0.717, 1.165) is 21.9 Å². The molecule has 1 N–H and O–H groups in total. The summed E-state index contributed by atoms with van der Waals surface area (Å²) >= 11 is 0. The van der Waals surface area contributed by atoms with E-state index in [2.05, 4.69) is 10.5 Å². The van der Waals surface area contributed by atoms with E-state index in [0.29, 0.717) is 22.8 Å². The second kappa shape index (κ2) is 9.00. The van der Waals surface area contributed by atoms with Gasteiger partial charge in [-0.25, -0.2) is 9.82 Å². The van der Waals surface area contributed by atoms with Gasteiger partial charge in [-0.2, -0.15) is 5.10 Å². The van der Waals surface area contributed by atoms with Crippen molar-refractivity contribution in [3.05, 3.63) is 101 Å². The number of hydrogen-bond acceptors (Lipinski definition) is 5. The summed E-state index contributed by atoms with van der Waals surface area (Å²) < 4.78 is 29.8. The molecule has 5 rings (SSSR count). The fraction of sp³-hybridized carbons (Fsp3) is 0.0769. The third-order valence-corrected chi connectivity index (χ3v) is 5.23. The van der Waals surface area contributed by atoms with Crippen molar-refractivity contribution in [1.29, 1.82) is 0 Å². The summed E-state index contributed by atoms with van der Waals surface area (Å²) in [6.07, 6.45) is 1.56. The zero-order valence-electron chi connectivity index (χ0n) is 17.5. The van der Waals surface area contributed by atoms with Crippen molar-refractivity contribution in [1.82, 2.24) is 5.43 Å². The first-order valence-electron chi connectivity index (χ1n) is 10.3. The highest BCUT2D eigenvalue weighted by Gasteiger charge is 2.16. The van der Waals surface area contributed by atoms with E-state index >= 15 is 0 Å². The second-order valence-electron chi connectivity index (χ2n) is 7.38. The maximum Gasteiger partial charge on any atom is 0.271 e. The molecule has 7 heteroatoms. The number of carbonyl (C=O) groups is 1. The van der Waals surface area contributed by atoms with Gasteiger partial charge in [-0.1, -0.05) is 42.5 Å². The van der Waals surface area contributed by atoms with E-state index in [1.807, 2.05) is 36.4 Å². The molecule has 4 aromatic carbocycles. The molecular weight excluding hydrogens is 423 g/mol. The monoisotopic (exact) mass is 442 g/mol. The number of rotatable bonds is 6. The van der Waals surface area contributed by atoms with Gasteiger partial charge in [-0.3, -0.25) is 4.79 Å². The molecule has 0 aromatic heterocycles. The SMILES string of the molecule is O=C(NN=Cc1c(OCc2ccc(F)cc2)ccc2ccccc12)c1ccc2c(c1)OCO2. The summed E-state index contributed by atoms with van der Waals surface area (Å²) in [5.74, 6) is 1.05. The molecule has 6 nitrogen and oxygen atoms in total. The number of halogens is 1. The van der Waals surface area contributed by atoms with Crippen LogP contribution in [0.3, 0.4) is 0 Å². The van der Waals surface area contributed by atoms with Crippen LogP contribution in [0.5, 0.6) is 17.2 Å². The van der Waals surface area contributed by atoms with Crippen molar-refractivity contribution in [3.8, 4) is 17.2 Å². The van der Waals surface area contributed by atoms with Crippen LogP contribution in [-0.4, -0.2) is 18.9 Å². The first-order valence-corrected chi connectivity index (χ1v) is 10.3. The predicted octanol–water partition coefficient (Wildman–Crippen LogP) is 5.05. The van der Waals surface area contributed by atoms with Crippen LogP contribution in [0.25, 0.3) is 10.8 Å². The quantitative estimate of drug-likeness (QED) is 0.335. The lowest BCUT2D eigenvalue weighted by molar-refractivity contribution is 0.0954. The minimum atomic E-state index is -0.376. The van der Waals surface area contributed by atoms with Gasteiger partial charge in [-0.05, 0) is 52.7 Å². The molecule has 0 spiro atoms. The number of nitrogens with one attached hydrogen (secondary N) is 1. The Hall–Kier alpha value is -4.39. The molecule has 0 bridgehead atoms. The lowest BCUT2D eigenvalue weighted by Gasteiger charge is -2.12. The normalized spacial score (nSPS) is 12.3. The van der Waals surface area contributed by atoms with Gasteiger partial charge in [0.25, 0.3) is 5.91 Å². The fourth-order valence-corrected chi connectivity index (χ4v) is 3.53. The van der Waals surface area contributed by atoms with Crippen LogP contribution < -0.4 is 19.6 Å². The van der Waals surface area contributed by atoms with Gasteiger partial charge in [0, 0.05) is 11.1 Å². The molecule has 0 saturated heterocycles. The molecule has 164 valence electrons. The Balaban J connectivity index is 1.37. The van der Waals surface area contributed by atoms with E-state index in [1.165, 1.54) is 12.1 Å². The largest absolute Gasteiger partial charge is 0.488 e. The predicted molar refractivity (Wildman–Crippen MR) is 122 cm³/mol. The van der Waals surface area contributed by atoms with Crippen LogP contribution in [0.2, 0.25) is 0 Å². The van der Waals surface area contributed by atoms with Crippen molar-refractivity contribution in [2.45, 2.75) is 6.61 Å². The third kappa shape index (κ3) is 4.48. The Labute approximate surface area is 189 Å². The van der Waals surface area contributed by atoms with Crippen LogP contribution in [-0.2, 0) is 6.61 Å². The zero-order valence-corrected chi connectivity index (χ0v) is 17.5. The minimum Gasteiger partial charge on any atom is -0.488 e. The summed E-state index contributed by atoms with van der Waals surface area (Å²) in [5.41, 5.74) is 4.51. The molecule has 0 radical (unpaired) electrons. The van der Waals surface area contributed by atoms with Gasteiger partial charge < -0.3 is 14.2 Å². The molecule has 1 amide bonds. The number of hydrogen-bond donors (Lipinski definition) is 1. The lowest BCUT2D eigenvalue weighted by Crippen LogP contribution is -2.17. The van der Waals surface area contributed by atoms with Crippen LogP contribution in [0.4, 0.5) is 4.39 Å². The van der Waals surface area contributed by atoms with Gasteiger partial charge in [0.05, 0.1) is 6.21 Å². The third-order valence-electron chi connectivity index (χ3n) is 5.23. The van der Waals surface area contributed by atoms with Crippen LogP contribution in [0, 0.1) is 5.82 Å². The molecule has 0 saturated carbocycles. The van der Waals surface area contributed by atoms with Crippen LogP contribution in [0.15, 0.2) is 84.0 Å². The molecule has 4 aromatic rings. The summed E-state index contributed by atoms with van der Waals surface area (Å²) in [7, 11) is 0. The summed E-state index contributed by atoms with van der Waals surface area (Å²) in [5, 5.41) is 6.10. The fourth-order valence-electron chi connectivity index (χ4n) is 3.53. The number of amides is 1. The van der Waals surface area contributed by atoms with Crippen molar-refractivity contribution in [2.75, 3.05) is 6.79 Å². The van der Waals surface area contributed by atoms with E-state index in [4.69, 9.17) is 14.2 Å². The first-order chi connectivity index (χ1) is 16.2. The van der Waals surface area contributed by atoms with Gasteiger partial charge >= 0.3 is 0 Å². The average Bonchev–Trinajstić information content (AvgIpc) is 3.32. The first kappa shape index (κ1) is 20.5. The molecule has 1 heterocycles. The number of fused-ring (bicyclic) bond motifs is 2. The molecule has 0 fully saturated rings. The lowest BCUT2D eigenvalue weighted by atomic mass is 10.0. The topological polar surface area (TPSA) is 69.2 Å². The number of benzene rings is 4. The summed E-state index contributed by atoms with van der Waals surface area (Å²) in [6.45, 7) is 0.406. The van der Waals surface area contributed by atoms with Gasteiger partial charge in [0.15, 0.2) is 11.5 Å². The van der Waals surface area contributed by atoms with E-state index < -0.39 is 0 Å².